The molecule has 0 fully saturated rings. The Hall–Kier alpha value is -5.24. The smallest absolute Gasteiger partial charge is 0.161 e. The van der Waals surface area contributed by atoms with E-state index in [1.54, 1.807) is 24.9 Å². The van der Waals surface area contributed by atoms with Crippen LogP contribution in [0.25, 0.3) is 56.0 Å². The third-order valence-electron chi connectivity index (χ3n) is 6.23. The van der Waals surface area contributed by atoms with E-state index in [-0.39, 0.29) is 0 Å². The van der Waals surface area contributed by atoms with Crippen molar-refractivity contribution in [1.82, 2.24) is 30.1 Å². The molecule has 0 spiro atoms. The van der Waals surface area contributed by atoms with Crippen LogP contribution in [0, 0.1) is 0 Å². The molecule has 0 aliphatic rings. The fourth-order valence-electron chi connectivity index (χ4n) is 4.40. The van der Waals surface area contributed by atoms with Gasteiger partial charge in [0, 0.05) is 22.9 Å². The molecule has 2 aromatic carbocycles. The number of hydrogen-bond donors (Lipinski definition) is 2. The van der Waals surface area contributed by atoms with Crippen molar-refractivity contribution < 1.29 is 9.15 Å². The van der Waals surface area contributed by atoms with Crippen LogP contribution < -0.4 is 4.74 Å². The number of benzene rings is 2. The highest BCUT2D eigenvalue weighted by atomic mass is 16.5. The van der Waals surface area contributed by atoms with Gasteiger partial charge in [0.2, 0.25) is 0 Å². The number of ether oxygens (including phenoxy) is 1. The maximum atomic E-state index is 5.96. The normalized spacial score (nSPS) is 11.4. The molecule has 0 saturated carbocycles. The van der Waals surface area contributed by atoms with Crippen molar-refractivity contribution in [1.29, 1.82) is 0 Å². The fourth-order valence-corrected chi connectivity index (χ4v) is 4.40. The molecule has 0 unspecified atom stereocenters. The number of imidazole rings is 1. The SMILES string of the molecule is c1ccc(COc2cncc(-c3ccc4[nH]nc(-c5nc6c(-c7ccoc7)cccc6[nH]5)c4n3)c2)cc1. The molecule has 7 aromatic rings. The molecule has 0 aliphatic heterocycles. The summed E-state index contributed by atoms with van der Waals surface area (Å²) < 4.78 is 11.2. The average Bonchev–Trinajstić information content (AvgIpc) is 3.71. The van der Waals surface area contributed by atoms with Gasteiger partial charge in [-0.25, -0.2) is 9.97 Å². The lowest BCUT2D eigenvalue weighted by Crippen LogP contribution is -1.96. The Morgan fingerprint density at radius 3 is 2.65 bits per heavy atom. The molecule has 0 aliphatic carbocycles. The van der Waals surface area contributed by atoms with E-state index in [2.05, 4.69) is 20.2 Å². The molecule has 8 heteroatoms. The molecular formula is C29H20N6O2. The molecule has 0 saturated heterocycles. The quantitative estimate of drug-likeness (QED) is 0.283. The third-order valence-corrected chi connectivity index (χ3v) is 6.23. The van der Waals surface area contributed by atoms with Gasteiger partial charge in [0.15, 0.2) is 11.5 Å². The molecule has 0 bridgehead atoms. The Labute approximate surface area is 211 Å². The monoisotopic (exact) mass is 484 g/mol. The zero-order valence-electron chi connectivity index (χ0n) is 19.6. The summed E-state index contributed by atoms with van der Waals surface area (Å²) in [6.07, 6.45) is 6.86. The zero-order valence-corrected chi connectivity index (χ0v) is 19.6. The Bertz CT molecular complexity index is 1840. The highest BCUT2D eigenvalue weighted by Crippen LogP contribution is 2.32. The Kier molecular flexibility index (Phi) is 4.99. The van der Waals surface area contributed by atoms with Gasteiger partial charge >= 0.3 is 0 Å². The van der Waals surface area contributed by atoms with Gasteiger partial charge < -0.3 is 14.1 Å². The predicted molar refractivity (Wildman–Crippen MR) is 141 cm³/mol. The highest BCUT2D eigenvalue weighted by molar-refractivity contribution is 5.96. The van der Waals surface area contributed by atoms with Gasteiger partial charge in [-0.2, -0.15) is 5.10 Å². The van der Waals surface area contributed by atoms with Crippen LogP contribution in [0.1, 0.15) is 5.56 Å². The summed E-state index contributed by atoms with van der Waals surface area (Å²) >= 11 is 0. The molecule has 0 amide bonds. The summed E-state index contributed by atoms with van der Waals surface area (Å²) in [5, 5.41) is 7.60. The minimum Gasteiger partial charge on any atom is -0.487 e. The zero-order chi connectivity index (χ0) is 24.6. The van der Waals surface area contributed by atoms with Crippen molar-refractivity contribution in [2.45, 2.75) is 6.61 Å². The lowest BCUT2D eigenvalue weighted by atomic mass is 10.1. The standard InChI is InChI=1S/C29H20N6O2/c1-2-5-18(6-3-1)16-37-21-13-20(14-30-15-21)23-9-10-25-27(31-23)28(35-34-25)29-32-24-8-4-7-22(26(24)33-29)19-11-12-36-17-19/h1-15,17H,16H2,(H,32,33)(H,34,35). The number of fused-ring (bicyclic) bond motifs is 2. The van der Waals surface area contributed by atoms with E-state index >= 15 is 0 Å². The van der Waals surface area contributed by atoms with Crippen LogP contribution in [0.2, 0.25) is 0 Å². The van der Waals surface area contributed by atoms with Gasteiger partial charge in [0.1, 0.15) is 17.9 Å². The van der Waals surface area contributed by atoms with E-state index in [9.17, 15) is 0 Å². The van der Waals surface area contributed by atoms with Crippen LogP contribution >= 0.6 is 0 Å². The van der Waals surface area contributed by atoms with Gasteiger partial charge in [-0.1, -0.05) is 42.5 Å². The second-order valence-electron chi connectivity index (χ2n) is 8.65. The fraction of sp³-hybridized carbons (Fsp3) is 0.0345. The third kappa shape index (κ3) is 3.90. The van der Waals surface area contributed by atoms with Crippen molar-refractivity contribution >= 4 is 22.1 Å². The lowest BCUT2D eigenvalue weighted by molar-refractivity contribution is 0.305. The first kappa shape index (κ1) is 21.1. The minimum absolute atomic E-state index is 0.469. The number of aromatic nitrogens is 6. The maximum Gasteiger partial charge on any atom is 0.161 e. The largest absolute Gasteiger partial charge is 0.487 e. The van der Waals surface area contributed by atoms with E-state index < -0.39 is 0 Å². The summed E-state index contributed by atoms with van der Waals surface area (Å²) in [6.45, 7) is 0.469. The van der Waals surface area contributed by atoms with Crippen molar-refractivity contribution in [2.24, 2.45) is 0 Å². The van der Waals surface area contributed by atoms with Gasteiger partial charge in [0.05, 0.1) is 41.0 Å². The first-order valence-corrected chi connectivity index (χ1v) is 11.8. The predicted octanol–water partition coefficient (Wildman–Crippen LogP) is 6.40. The van der Waals surface area contributed by atoms with Crippen LogP contribution in [0.5, 0.6) is 5.75 Å². The van der Waals surface area contributed by atoms with E-state index in [0.29, 0.717) is 23.9 Å². The Balaban J connectivity index is 1.24. The van der Waals surface area contributed by atoms with E-state index in [1.165, 1.54) is 0 Å². The number of H-pyrrole nitrogens is 2. The van der Waals surface area contributed by atoms with Crippen molar-refractivity contribution in [3.8, 4) is 39.7 Å². The molecule has 8 nitrogen and oxygen atoms in total. The first-order valence-electron chi connectivity index (χ1n) is 11.8. The summed E-state index contributed by atoms with van der Waals surface area (Å²) in [4.78, 5) is 17.6. The highest BCUT2D eigenvalue weighted by Gasteiger charge is 2.17. The molecule has 5 heterocycles. The van der Waals surface area contributed by atoms with Gasteiger partial charge in [-0.3, -0.25) is 10.1 Å². The summed E-state index contributed by atoms with van der Waals surface area (Å²) in [5.41, 5.74) is 8.61. The maximum absolute atomic E-state index is 5.96. The Morgan fingerprint density at radius 1 is 0.811 bits per heavy atom. The second kappa shape index (κ2) is 8.76. The average molecular weight is 485 g/mol. The number of nitrogens with zero attached hydrogens (tertiary/aromatic N) is 4. The number of furan rings is 1. The molecule has 178 valence electrons. The summed E-state index contributed by atoms with van der Waals surface area (Å²) in [6, 6.07) is 23.8. The summed E-state index contributed by atoms with van der Waals surface area (Å²) in [7, 11) is 0. The number of rotatable bonds is 6. The number of hydrogen-bond acceptors (Lipinski definition) is 6. The first-order chi connectivity index (χ1) is 18.3. The van der Waals surface area contributed by atoms with Crippen LogP contribution in [-0.2, 0) is 6.61 Å². The van der Waals surface area contributed by atoms with Crippen LogP contribution in [0.15, 0.2) is 102 Å². The number of para-hydroxylation sites is 1. The van der Waals surface area contributed by atoms with Gasteiger partial charge in [-0.05, 0) is 35.9 Å². The van der Waals surface area contributed by atoms with Gasteiger partial charge in [-0.15, -0.1) is 0 Å². The minimum atomic E-state index is 0.469. The number of aromatic amines is 2. The molecule has 5 aromatic heterocycles. The van der Waals surface area contributed by atoms with E-state index in [4.69, 9.17) is 19.1 Å². The molecular weight excluding hydrogens is 464 g/mol. The number of nitrogens with one attached hydrogen (secondary N) is 2. The summed E-state index contributed by atoms with van der Waals surface area (Å²) in [5.74, 6) is 1.32. The van der Waals surface area contributed by atoms with Crippen LogP contribution in [-0.4, -0.2) is 30.1 Å². The molecule has 2 N–H and O–H groups in total. The molecule has 7 rings (SSSR count). The van der Waals surface area contributed by atoms with Gasteiger partial charge in [0.25, 0.3) is 0 Å². The molecule has 0 atom stereocenters. The van der Waals surface area contributed by atoms with Crippen LogP contribution in [0.4, 0.5) is 0 Å². The molecule has 0 radical (unpaired) electrons. The second-order valence-corrected chi connectivity index (χ2v) is 8.65. The molecule has 37 heavy (non-hydrogen) atoms. The van der Waals surface area contributed by atoms with Crippen LogP contribution in [0.3, 0.4) is 0 Å². The topological polar surface area (TPSA) is 106 Å². The number of pyridine rings is 2. The van der Waals surface area contributed by atoms with E-state index in [0.717, 1.165) is 50.0 Å². The van der Waals surface area contributed by atoms with Crippen molar-refractivity contribution in [3.05, 3.63) is 103 Å². The van der Waals surface area contributed by atoms with E-state index in [1.807, 2.05) is 72.8 Å². The van der Waals surface area contributed by atoms with Crippen molar-refractivity contribution in [2.75, 3.05) is 0 Å². The van der Waals surface area contributed by atoms with Crippen molar-refractivity contribution in [3.63, 3.8) is 0 Å². The Morgan fingerprint density at radius 2 is 1.76 bits per heavy atom. The lowest BCUT2D eigenvalue weighted by Gasteiger charge is -2.08.